The largest absolute Gasteiger partial charge is 0.342 e. The number of benzene rings is 1. The number of amides is 1. The van der Waals surface area contributed by atoms with Gasteiger partial charge in [0.1, 0.15) is 5.82 Å². The fourth-order valence-electron chi connectivity index (χ4n) is 3.45. The lowest BCUT2D eigenvalue weighted by molar-refractivity contribution is 0.0720. The number of imidazole rings is 1. The van der Waals surface area contributed by atoms with E-state index < -0.39 is 0 Å². The van der Waals surface area contributed by atoms with Gasteiger partial charge in [0.25, 0.3) is 11.5 Å². The summed E-state index contributed by atoms with van der Waals surface area (Å²) in [5.74, 6) is 0.814. The van der Waals surface area contributed by atoms with E-state index in [2.05, 4.69) is 15.1 Å². The number of nitrogens with zero attached hydrogens (tertiary/aromatic N) is 4. The van der Waals surface area contributed by atoms with E-state index >= 15 is 0 Å². The molecule has 1 atom stereocenters. The van der Waals surface area contributed by atoms with Crippen LogP contribution in [-0.2, 0) is 6.54 Å². The van der Waals surface area contributed by atoms with Crippen LogP contribution in [0.15, 0.2) is 41.3 Å². The number of hydrogen-bond donors (Lipinski definition) is 1. The van der Waals surface area contributed by atoms with E-state index in [0.717, 1.165) is 29.7 Å². The minimum absolute atomic E-state index is 0.0133. The molecular weight excluding hydrogens is 318 g/mol. The average molecular weight is 337 g/mol. The summed E-state index contributed by atoms with van der Waals surface area (Å²) in [5, 5.41) is 4.10. The van der Waals surface area contributed by atoms with E-state index in [9.17, 15) is 9.59 Å². The Morgan fingerprint density at radius 2 is 2.24 bits per heavy atom. The molecule has 1 aromatic carbocycles. The van der Waals surface area contributed by atoms with Gasteiger partial charge in [-0.3, -0.25) is 9.59 Å². The van der Waals surface area contributed by atoms with E-state index in [-0.39, 0.29) is 17.5 Å². The van der Waals surface area contributed by atoms with Gasteiger partial charge in [0.15, 0.2) is 0 Å². The minimum atomic E-state index is -0.142. The monoisotopic (exact) mass is 337 g/mol. The Morgan fingerprint density at radius 3 is 3.08 bits per heavy atom. The van der Waals surface area contributed by atoms with Gasteiger partial charge in [-0.1, -0.05) is 0 Å². The van der Waals surface area contributed by atoms with Gasteiger partial charge in [-0.25, -0.2) is 9.67 Å². The number of nitrogens with one attached hydrogen (secondary N) is 1. The van der Waals surface area contributed by atoms with Crippen molar-refractivity contribution >= 4 is 16.9 Å². The summed E-state index contributed by atoms with van der Waals surface area (Å²) in [4.78, 5) is 34.2. The van der Waals surface area contributed by atoms with Crippen molar-refractivity contribution in [2.75, 3.05) is 6.54 Å². The lowest BCUT2D eigenvalue weighted by Gasteiger charge is -2.25. The lowest BCUT2D eigenvalue weighted by Crippen LogP contribution is -2.40. The Hall–Kier alpha value is -2.96. The molecule has 0 saturated carbocycles. The maximum Gasteiger partial charge on any atom is 0.266 e. The van der Waals surface area contributed by atoms with E-state index in [0.29, 0.717) is 18.7 Å². The van der Waals surface area contributed by atoms with Crippen molar-refractivity contribution in [3.05, 3.63) is 58.3 Å². The first kappa shape index (κ1) is 15.6. The van der Waals surface area contributed by atoms with Crippen LogP contribution in [0.1, 0.15) is 29.0 Å². The fourth-order valence-corrected chi connectivity index (χ4v) is 3.45. The molecule has 1 N–H and O–H groups in total. The zero-order chi connectivity index (χ0) is 17.4. The Balaban J connectivity index is 1.59. The topological polar surface area (TPSA) is 83.9 Å². The Bertz CT molecular complexity index is 990. The van der Waals surface area contributed by atoms with Crippen molar-refractivity contribution in [3.63, 3.8) is 0 Å². The molecule has 0 spiro atoms. The summed E-state index contributed by atoms with van der Waals surface area (Å²) in [5.41, 5.74) is 2.21. The number of aromatic nitrogens is 4. The van der Waals surface area contributed by atoms with Gasteiger partial charge >= 0.3 is 0 Å². The number of aromatic amines is 1. The van der Waals surface area contributed by atoms with Crippen molar-refractivity contribution < 1.29 is 4.79 Å². The molecule has 1 aliphatic heterocycles. The predicted octanol–water partition coefficient (Wildman–Crippen LogP) is 1.73. The van der Waals surface area contributed by atoms with Crippen molar-refractivity contribution in [1.82, 2.24) is 24.6 Å². The summed E-state index contributed by atoms with van der Waals surface area (Å²) < 4.78 is 1.43. The highest BCUT2D eigenvalue weighted by molar-refractivity contribution is 5.97. The molecule has 1 fully saturated rings. The van der Waals surface area contributed by atoms with Crippen LogP contribution >= 0.6 is 0 Å². The molecule has 0 aliphatic carbocycles. The third kappa shape index (κ3) is 2.93. The Morgan fingerprint density at radius 1 is 1.36 bits per heavy atom. The molecule has 1 aliphatic rings. The van der Waals surface area contributed by atoms with E-state index in [1.807, 2.05) is 30.0 Å². The van der Waals surface area contributed by atoms with Gasteiger partial charge in [-0.2, -0.15) is 5.10 Å². The maximum atomic E-state index is 13.0. The van der Waals surface area contributed by atoms with Crippen LogP contribution in [0.2, 0.25) is 0 Å². The predicted molar refractivity (Wildman–Crippen MR) is 93.4 cm³/mol. The van der Waals surface area contributed by atoms with Crippen LogP contribution in [0, 0.1) is 6.92 Å². The fraction of sp³-hybridized carbons (Fsp3) is 0.333. The molecule has 1 amide bonds. The second-order valence-electron chi connectivity index (χ2n) is 6.39. The zero-order valence-corrected chi connectivity index (χ0v) is 14.0. The quantitative estimate of drug-likeness (QED) is 0.789. The summed E-state index contributed by atoms with van der Waals surface area (Å²) in [7, 11) is 0. The van der Waals surface area contributed by atoms with Gasteiger partial charge in [-0.05, 0) is 44.0 Å². The average Bonchev–Trinajstić information content (AvgIpc) is 3.20. The van der Waals surface area contributed by atoms with Gasteiger partial charge in [0, 0.05) is 24.4 Å². The molecule has 25 heavy (non-hydrogen) atoms. The number of H-pyrrole nitrogens is 1. The first-order valence-electron chi connectivity index (χ1n) is 8.41. The smallest absolute Gasteiger partial charge is 0.266 e. The van der Waals surface area contributed by atoms with Crippen LogP contribution < -0.4 is 5.56 Å². The molecule has 128 valence electrons. The number of likely N-dealkylation sites (tertiary alicyclic amines) is 1. The van der Waals surface area contributed by atoms with Crippen molar-refractivity contribution in [1.29, 1.82) is 0 Å². The number of rotatable bonds is 3. The van der Waals surface area contributed by atoms with Crippen LogP contribution in [0.4, 0.5) is 0 Å². The molecule has 7 nitrogen and oxygen atoms in total. The van der Waals surface area contributed by atoms with Crippen molar-refractivity contribution in [3.8, 4) is 0 Å². The number of aryl methyl sites for hydroxylation is 1. The minimum Gasteiger partial charge on any atom is -0.342 e. The first-order valence-corrected chi connectivity index (χ1v) is 8.41. The van der Waals surface area contributed by atoms with Crippen LogP contribution in [0.5, 0.6) is 0 Å². The third-order valence-corrected chi connectivity index (χ3v) is 4.65. The van der Waals surface area contributed by atoms with Crippen LogP contribution in [0.25, 0.3) is 11.0 Å². The standard InChI is InChI=1S/C18H19N5O2/c1-12-20-15-7-6-13(10-16(15)21-12)18(25)22-9-3-4-14(22)11-23-17(24)5-2-8-19-23/h2,5-8,10,14H,3-4,9,11H2,1H3,(H,20,21). The first-order chi connectivity index (χ1) is 12.1. The number of fused-ring (bicyclic) bond motifs is 1. The SMILES string of the molecule is Cc1nc2ccc(C(=O)N3CCCC3Cn3ncccc3=O)cc2[nH]1. The number of carbonyl (C=O) groups is 1. The van der Waals surface area contributed by atoms with Crippen LogP contribution in [-0.4, -0.2) is 43.1 Å². The summed E-state index contributed by atoms with van der Waals surface area (Å²) in [6, 6.07) is 8.62. The zero-order valence-electron chi connectivity index (χ0n) is 14.0. The van der Waals surface area contributed by atoms with E-state index in [1.54, 1.807) is 12.3 Å². The molecule has 0 bridgehead atoms. The third-order valence-electron chi connectivity index (χ3n) is 4.65. The molecular formula is C18H19N5O2. The van der Waals surface area contributed by atoms with Gasteiger partial charge in [0.05, 0.1) is 23.6 Å². The lowest BCUT2D eigenvalue weighted by atomic mass is 10.1. The molecule has 1 saturated heterocycles. The van der Waals surface area contributed by atoms with Crippen molar-refractivity contribution in [2.45, 2.75) is 32.4 Å². The number of carbonyl (C=O) groups excluding carboxylic acids is 1. The second-order valence-corrected chi connectivity index (χ2v) is 6.39. The van der Waals surface area contributed by atoms with E-state index in [4.69, 9.17) is 0 Å². The molecule has 2 aromatic heterocycles. The van der Waals surface area contributed by atoms with Crippen LogP contribution in [0.3, 0.4) is 0 Å². The Labute approximate surface area is 144 Å². The summed E-state index contributed by atoms with van der Waals surface area (Å²) in [6.45, 7) is 3.02. The number of hydrogen-bond acceptors (Lipinski definition) is 4. The molecule has 3 heterocycles. The van der Waals surface area contributed by atoms with Gasteiger partial charge in [-0.15, -0.1) is 0 Å². The summed E-state index contributed by atoms with van der Waals surface area (Å²) >= 11 is 0. The van der Waals surface area contributed by atoms with Gasteiger partial charge in [0.2, 0.25) is 0 Å². The van der Waals surface area contributed by atoms with Gasteiger partial charge < -0.3 is 9.88 Å². The maximum absolute atomic E-state index is 13.0. The highest BCUT2D eigenvalue weighted by Gasteiger charge is 2.30. The molecule has 0 radical (unpaired) electrons. The Kier molecular flexibility index (Phi) is 3.83. The molecule has 1 unspecified atom stereocenters. The second kappa shape index (κ2) is 6.16. The summed E-state index contributed by atoms with van der Waals surface area (Å²) in [6.07, 6.45) is 3.40. The molecule has 3 aromatic rings. The normalized spacial score (nSPS) is 17.3. The van der Waals surface area contributed by atoms with Crippen molar-refractivity contribution in [2.24, 2.45) is 0 Å². The van der Waals surface area contributed by atoms with E-state index in [1.165, 1.54) is 10.7 Å². The molecule has 7 heteroatoms. The molecule has 4 rings (SSSR count). The highest BCUT2D eigenvalue weighted by atomic mass is 16.2. The highest BCUT2D eigenvalue weighted by Crippen LogP contribution is 2.22.